The lowest BCUT2D eigenvalue weighted by Gasteiger charge is -2.23. The van der Waals surface area contributed by atoms with Crippen LogP contribution in [0.5, 0.6) is 11.5 Å². The van der Waals surface area contributed by atoms with Crippen molar-refractivity contribution >= 4 is 39.9 Å². The Bertz CT molecular complexity index is 1370. The van der Waals surface area contributed by atoms with Gasteiger partial charge in [-0.3, -0.25) is 14.5 Å². The molecule has 2 heterocycles. The lowest BCUT2D eigenvalue weighted by molar-refractivity contribution is -0.132. The van der Waals surface area contributed by atoms with E-state index in [1.54, 1.807) is 44.2 Å². The van der Waals surface area contributed by atoms with Gasteiger partial charge in [0.25, 0.3) is 5.78 Å². The van der Waals surface area contributed by atoms with Gasteiger partial charge in [0.2, 0.25) is 0 Å². The molecule has 1 saturated heterocycles. The minimum absolute atomic E-state index is 0.00484. The molecule has 9 nitrogen and oxygen atoms in total. The number of phenols is 1. The molecule has 1 aromatic heterocycles. The molecule has 0 aliphatic carbocycles. The number of benzene rings is 2. The van der Waals surface area contributed by atoms with E-state index in [9.17, 15) is 24.6 Å². The predicted molar refractivity (Wildman–Crippen MR) is 129 cm³/mol. The molecule has 0 bridgehead atoms. The zero-order valence-electron chi connectivity index (χ0n) is 19.4. The molecule has 3 aromatic rings. The van der Waals surface area contributed by atoms with Gasteiger partial charge in [0.15, 0.2) is 5.13 Å². The maximum atomic E-state index is 13.3. The van der Waals surface area contributed by atoms with Crippen LogP contribution >= 0.6 is 11.3 Å². The fraction of sp³-hybridized carbons (Fsp3) is 0.200. The molecule has 1 aliphatic rings. The summed E-state index contributed by atoms with van der Waals surface area (Å²) in [6.07, 6.45) is 0. The zero-order chi connectivity index (χ0) is 25.4. The van der Waals surface area contributed by atoms with Crippen LogP contribution in [0.4, 0.5) is 5.13 Å². The van der Waals surface area contributed by atoms with E-state index < -0.39 is 23.7 Å². The number of hydrogen-bond donors (Lipinski definition) is 2. The number of phenolic OH excluding ortho intramolecular Hbond substituents is 1. The Labute approximate surface area is 204 Å². The first-order valence-electron chi connectivity index (χ1n) is 10.5. The SMILES string of the molecule is COC(=O)c1sc(N2C(=O)C(=O)/C(=C(/O)c3ccc(OC)cc3C)C2c2ccc(O)cc2)nc1C. The highest BCUT2D eigenvalue weighted by Crippen LogP contribution is 2.44. The van der Waals surface area contributed by atoms with Crippen LogP contribution in [0.3, 0.4) is 0 Å². The molecular weight excluding hydrogens is 472 g/mol. The van der Waals surface area contributed by atoms with Crippen molar-refractivity contribution in [3.05, 3.63) is 75.3 Å². The number of aromatic nitrogens is 1. The van der Waals surface area contributed by atoms with Crippen molar-refractivity contribution in [1.29, 1.82) is 0 Å². The number of nitrogens with zero attached hydrogens (tertiary/aromatic N) is 2. The molecule has 1 fully saturated rings. The molecule has 0 spiro atoms. The molecule has 0 radical (unpaired) electrons. The number of aromatic hydroxyl groups is 1. The molecule has 180 valence electrons. The standard InChI is InChI=1S/C25H22N2O7S/c1-12-11-16(33-3)9-10-17(12)20(29)18-19(14-5-7-15(28)8-6-14)27(23(31)21(18)30)25-26-13(2)22(35-25)24(32)34-4/h5-11,19,28-29H,1-4H3/b20-18+. The largest absolute Gasteiger partial charge is 0.508 e. The van der Waals surface area contributed by atoms with Crippen molar-refractivity contribution in [2.75, 3.05) is 19.1 Å². The van der Waals surface area contributed by atoms with Gasteiger partial charge in [-0.15, -0.1) is 0 Å². The van der Waals surface area contributed by atoms with Crippen LogP contribution in [-0.4, -0.2) is 47.1 Å². The average Bonchev–Trinajstić information content (AvgIpc) is 3.35. The monoisotopic (exact) mass is 494 g/mol. The molecule has 1 atom stereocenters. The summed E-state index contributed by atoms with van der Waals surface area (Å²) < 4.78 is 10.0. The Hall–Kier alpha value is -4.18. The highest BCUT2D eigenvalue weighted by molar-refractivity contribution is 7.17. The zero-order valence-corrected chi connectivity index (χ0v) is 20.2. The number of thiazole rings is 1. The highest BCUT2D eigenvalue weighted by atomic mass is 32.1. The molecule has 1 amide bonds. The number of carbonyl (C=O) groups excluding carboxylic acids is 3. The summed E-state index contributed by atoms with van der Waals surface area (Å²) in [6, 6.07) is 9.83. The summed E-state index contributed by atoms with van der Waals surface area (Å²) >= 11 is 0.912. The first-order chi connectivity index (χ1) is 16.7. The summed E-state index contributed by atoms with van der Waals surface area (Å²) in [5, 5.41) is 21.2. The molecule has 1 aliphatic heterocycles. The van der Waals surface area contributed by atoms with Gasteiger partial charge in [-0.2, -0.15) is 0 Å². The second-order valence-corrected chi connectivity index (χ2v) is 8.82. The van der Waals surface area contributed by atoms with Gasteiger partial charge >= 0.3 is 11.9 Å². The lowest BCUT2D eigenvalue weighted by atomic mass is 9.94. The predicted octanol–water partition coefficient (Wildman–Crippen LogP) is 3.89. The normalized spacial score (nSPS) is 17.0. The van der Waals surface area contributed by atoms with Crippen LogP contribution in [0.25, 0.3) is 5.76 Å². The third-order valence-corrected chi connectivity index (χ3v) is 6.84. The average molecular weight is 495 g/mol. The highest BCUT2D eigenvalue weighted by Gasteiger charge is 2.48. The lowest BCUT2D eigenvalue weighted by Crippen LogP contribution is -2.29. The van der Waals surface area contributed by atoms with Crippen LogP contribution < -0.4 is 9.64 Å². The molecule has 35 heavy (non-hydrogen) atoms. The van der Waals surface area contributed by atoms with Gasteiger partial charge in [0, 0.05) is 5.56 Å². The Morgan fingerprint density at radius 3 is 2.37 bits per heavy atom. The Morgan fingerprint density at radius 1 is 1.09 bits per heavy atom. The van der Waals surface area contributed by atoms with Crippen molar-refractivity contribution in [3.63, 3.8) is 0 Å². The number of Topliss-reactive ketones (excluding diaryl/α,β-unsaturated/α-hetero) is 1. The second-order valence-electron chi connectivity index (χ2n) is 7.84. The van der Waals surface area contributed by atoms with Crippen LogP contribution in [0.2, 0.25) is 0 Å². The van der Waals surface area contributed by atoms with Gasteiger partial charge in [-0.1, -0.05) is 23.5 Å². The summed E-state index contributed by atoms with van der Waals surface area (Å²) in [5.74, 6) is -2.20. The van der Waals surface area contributed by atoms with E-state index in [0.717, 1.165) is 16.2 Å². The summed E-state index contributed by atoms with van der Waals surface area (Å²) in [7, 11) is 2.75. The van der Waals surface area contributed by atoms with Crippen LogP contribution in [0.1, 0.15) is 38.1 Å². The number of aryl methyl sites for hydroxylation is 2. The number of methoxy groups -OCH3 is 2. The van der Waals surface area contributed by atoms with E-state index in [1.165, 1.54) is 26.4 Å². The number of anilines is 1. The van der Waals surface area contributed by atoms with Crippen molar-refractivity contribution in [2.45, 2.75) is 19.9 Å². The molecule has 2 N–H and O–H groups in total. The first-order valence-corrected chi connectivity index (χ1v) is 11.3. The number of rotatable bonds is 5. The number of ketones is 1. The van der Waals surface area contributed by atoms with E-state index in [-0.39, 0.29) is 27.1 Å². The number of amides is 1. The number of aliphatic hydroxyl groups is 1. The van der Waals surface area contributed by atoms with Crippen LogP contribution in [0, 0.1) is 13.8 Å². The van der Waals surface area contributed by atoms with Crippen LogP contribution in [0.15, 0.2) is 48.0 Å². The number of carbonyl (C=O) groups is 3. The third kappa shape index (κ3) is 4.12. The summed E-state index contributed by atoms with van der Waals surface area (Å²) in [5.41, 5.74) is 1.66. The minimum atomic E-state index is -1.05. The maximum absolute atomic E-state index is 13.3. The quantitative estimate of drug-likeness (QED) is 0.237. The van der Waals surface area contributed by atoms with E-state index in [4.69, 9.17) is 9.47 Å². The van der Waals surface area contributed by atoms with Gasteiger partial charge in [0.05, 0.1) is 31.5 Å². The smallest absolute Gasteiger partial charge is 0.350 e. The topological polar surface area (TPSA) is 126 Å². The van der Waals surface area contributed by atoms with Crippen molar-refractivity contribution in [2.24, 2.45) is 0 Å². The Kier molecular flexibility index (Phi) is 6.31. The van der Waals surface area contributed by atoms with Crippen molar-refractivity contribution < 1.29 is 34.1 Å². The third-order valence-electron chi connectivity index (χ3n) is 5.70. The van der Waals surface area contributed by atoms with E-state index in [0.29, 0.717) is 28.1 Å². The van der Waals surface area contributed by atoms with E-state index >= 15 is 0 Å². The fourth-order valence-corrected chi connectivity index (χ4v) is 4.95. The fourth-order valence-electron chi connectivity index (χ4n) is 3.94. The second kappa shape index (κ2) is 9.22. The minimum Gasteiger partial charge on any atom is -0.508 e. The number of ether oxygens (including phenoxy) is 2. The van der Waals surface area contributed by atoms with Gasteiger partial charge in [-0.25, -0.2) is 9.78 Å². The van der Waals surface area contributed by atoms with Crippen LogP contribution in [-0.2, 0) is 14.3 Å². The number of hydrogen-bond acceptors (Lipinski definition) is 9. The molecule has 2 aromatic carbocycles. The number of aliphatic hydroxyl groups excluding tert-OH is 1. The Balaban J connectivity index is 1.94. The molecular formula is C25H22N2O7S. The van der Waals surface area contributed by atoms with E-state index in [1.807, 2.05) is 0 Å². The molecule has 4 rings (SSSR count). The van der Waals surface area contributed by atoms with Gasteiger partial charge in [0.1, 0.15) is 22.1 Å². The van der Waals surface area contributed by atoms with Gasteiger partial charge < -0.3 is 19.7 Å². The first kappa shape index (κ1) is 24.0. The number of esters is 1. The molecule has 0 saturated carbocycles. The maximum Gasteiger partial charge on any atom is 0.350 e. The van der Waals surface area contributed by atoms with Gasteiger partial charge in [-0.05, 0) is 55.3 Å². The Morgan fingerprint density at radius 2 is 1.77 bits per heavy atom. The van der Waals surface area contributed by atoms with E-state index in [2.05, 4.69) is 4.98 Å². The van der Waals surface area contributed by atoms with Crippen molar-refractivity contribution in [3.8, 4) is 11.5 Å². The molecule has 10 heteroatoms. The summed E-state index contributed by atoms with van der Waals surface area (Å²) in [4.78, 5) is 44.4. The molecule has 1 unspecified atom stereocenters. The summed E-state index contributed by atoms with van der Waals surface area (Å²) in [6.45, 7) is 3.34. The van der Waals surface area contributed by atoms with Crippen molar-refractivity contribution in [1.82, 2.24) is 4.98 Å².